The van der Waals surface area contributed by atoms with Crippen LogP contribution in [0.4, 0.5) is 0 Å². The number of aromatic hydroxyl groups is 1. The lowest BCUT2D eigenvalue weighted by molar-refractivity contribution is 0.0954. The smallest absolute Gasteiger partial charge is 0.271 e. The normalized spacial score (nSPS) is 11.1. The van der Waals surface area contributed by atoms with Crippen molar-refractivity contribution in [2.75, 3.05) is 7.11 Å². The lowest BCUT2D eigenvalue weighted by atomic mass is 10.1. The minimum absolute atomic E-state index is 0.0470. The number of benzene rings is 2. The van der Waals surface area contributed by atoms with Crippen molar-refractivity contribution in [2.24, 2.45) is 5.10 Å². The van der Waals surface area contributed by atoms with Gasteiger partial charge in [0.25, 0.3) is 5.91 Å². The van der Waals surface area contributed by atoms with E-state index in [0.717, 1.165) is 5.56 Å². The van der Waals surface area contributed by atoms with Crippen LogP contribution in [-0.2, 0) is 0 Å². The number of hydrogen-bond acceptors (Lipinski definition) is 4. The Morgan fingerprint density at radius 1 is 1.18 bits per heavy atom. The zero-order valence-corrected chi connectivity index (χ0v) is 12.8. The molecule has 2 N–H and O–H groups in total. The van der Waals surface area contributed by atoms with E-state index in [2.05, 4.69) is 10.5 Å². The third-order valence-corrected chi connectivity index (χ3v) is 3.31. The van der Waals surface area contributed by atoms with E-state index in [0.29, 0.717) is 22.6 Å². The van der Waals surface area contributed by atoms with Gasteiger partial charge < -0.3 is 9.84 Å². The molecule has 114 valence electrons. The summed E-state index contributed by atoms with van der Waals surface area (Å²) in [5.41, 5.74) is 4.98. The van der Waals surface area contributed by atoms with Crippen LogP contribution in [-0.4, -0.2) is 23.8 Å². The van der Waals surface area contributed by atoms with E-state index in [1.165, 1.54) is 13.2 Å². The number of nitrogens with one attached hydrogen (secondary N) is 1. The van der Waals surface area contributed by atoms with Gasteiger partial charge in [-0.1, -0.05) is 18.2 Å². The Morgan fingerprint density at radius 2 is 1.91 bits per heavy atom. The van der Waals surface area contributed by atoms with E-state index in [4.69, 9.17) is 4.74 Å². The van der Waals surface area contributed by atoms with Crippen molar-refractivity contribution >= 4 is 11.6 Å². The highest BCUT2D eigenvalue weighted by Gasteiger charge is 2.09. The number of carbonyl (C=O) groups is 1. The molecule has 0 heterocycles. The molecule has 2 rings (SSSR count). The molecule has 0 saturated heterocycles. The maximum atomic E-state index is 12.1. The van der Waals surface area contributed by atoms with Gasteiger partial charge in [0.05, 0.1) is 12.8 Å². The lowest BCUT2D eigenvalue weighted by Gasteiger charge is -2.08. The number of carbonyl (C=O) groups excluding carboxylic acids is 1. The van der Waals surface area contributed by atoms with E-state index in [-0.39, 0.29) is 11.7 Å². The maximum absolute atomic E-state index is 12.1. The first-order valence-corrected chi connectivity index (χ1v) is 6.80. The molecule has 5 heteroatoms. The standard InChI is InChI=1S/C17H18N2O3/c1-11-6-4-5-7-14(11)17(21)19-18-12(2)15-9-8-13(22-3)10-16(15)20/h4-10,20H,1-3H3,(H,19,21)/b18-12+. The molecule has 22 heavy (non-hydrogen) atoms. The van der Waals surface area contributed by atoms with Crippen molar-refractivity contribution in [3.05, 3.63) is 59.2 Å². The van der Waals surface area contributed by atoms with Crippen molar-refractivity contribution < 1.29 is 14.6 Å². The second-order valence-electron chi connectivity index (χ2n) is 4.84. The maximum Gasteiger partial charge on any atom is 0.271 e. The van der Waals surface area contributed by atoms with Gasteiger partial charge in [-0.05, 0) is 37.6 Å². The van der Waals surface area contributed by atoms with Crippen molar-refractivity contribution in [2.45, 2.75) is 13.8 Å². The van der Waals surface area contributed by atoms with Gasteiger partial charge in [0.1, 0.15) is 11.5 Å². The Balaban J connectivity index is 2.16. The highest BCUT2D eigenvalue weighted by molar-refractivity contribution is 6.03. The van der Waals surface area contributed by atoms with Crippen molar-refractivity contribution in [1.82, 2.24) is 5.43 Å². The van der Waals surface area contributed by atoms with Crippen LogP contribution >= 0.6 is 0 Å². The first-order valence-electron chi connectivity index (χ1n) is 6.80. The number of rotatable bonds is 4. The molecule has 5 nitrogen and oxygen atoms in total. The summed E-state index contributed by atoms with van der Waals surface area (Å²) in [6.07, 6.45) is 0. The summed E-state index contributed by atoms with van der Waals surface area (Å²) < 4.78 is 5.03. The molecule has 0 aliphatic carbocycles. The van der Waals surface area contributed by atoms with Crippen LogP contribution < -0.4 is 10.2 Å². The average Bonchev–Trinajstić information content (AvgIpc) is 2.52. The number of phenolic OH excluding ortho intramolecular Hbond substituents is 1. The number of amides is 1. The SMILES string of the molecule is COc1ccc(/C(C)=N/NC(=O)c2ccccc2C)c(O)c1. The third-order valence-electron chi connectivity index (χ3n) is 3.31. The Morgan fingerprint density at radius 3 is 2.55 bits per heavy atom. The average molecular weight is 298 g/mol. The van der Waals surface area contributed by atoms with Crippen LogP contribution in [0.25, 0.3) is 0 Å². The molecule has 0 bridgehead atoms. The van der Waals surface area contributed by atoms with E-state index >= 15 is 0 Å². The lowest BCUT2D eigenvalue weighted by Crippen LogP contribution is -2.20. The molecule has 0 aromatic heterocycles. The summed E-state index contributed by atoms with van der Waals surface area (Å²) in [4.78, 5) is 12.1. The van der Waals surface area contributed by atoms with Gasteiger partial charge in [0, 0.05) is 17.2 Å². The predicted octanol–water partition coefficient (Wildman–Crippen LogP) is 2.86. The molecule has 0 unspecified atom stereocenters. The van der Waals surface area contributed by atoms with E-state index in [1.807, 2.05) is 19.1 Å². The minimum atomic E-state index is -0.287. The van der Waals surface area contributed by atoms with Gasteiger partial charge in [-0.3, -0.25) is 4.79 Å². The van der Waals surface area contributed by atoms with Crippen LogP contribution in [0.3, 0.4) is 0 Å². The highest BCUT2D eigenvalue weighted by Crippen LogP contribution is 2.23. The van der Waals surface area contributed by atoms with E-state index < -0.39 is 0 Å². The number of phenols is 1. The molecule has 2 aromatic carbocycles. The number of ether oxygens (including phenoxy) is 1. The monoisotopic (exact) mass is 298 g/mol. The van der Waals surface area contributed by atoms with Crippen LogP contribution in [0.1, 0.15) is 28.4 Å². The second kappa shape index (κ2) is 6.76. The van der Waals surface area contributed by atoms with Gasteiger partial charge in [-0.15, -0.1) is 0 Å². The number of hydrazone groups is 1. The quantitative estimate of drug-likeness (QED) is 0.673. The molecule has 0 atom stereocenters. The van der Waals surface area contributed by atoms with Crippen LogP contribution in [0.15, 0.2) is 47.6 Å². The fourth-order valence-electron chi connectivity index (χ4n) is 2.03. The van der Waals surface area contributed by atoms with E-state index in [9.17, 15) is 9.90 Å². The largest absolute Gasteiger partial charge is 0.507 e. The summed E-state index contributed by atoms with van der Waals surface area (Å²) in [6, 6.07) is 12.2. The summed E-state index contributed by atoms with van der Waals surface area (Å²) in [5, 5.41) is 14.0. The number of nitrogens with zero attached hydrogens (tertiary/aromatic N) is 1. The zero-order valence-electron chi connectivity index (χ0n) is 12.8. The zero-order chi connectivity index (χ0) is 16.1. The van der Waals surface area contributed by atoms with Crippen molar-refractivity contribution in [3.63, 3.8) is 0 Å². The molecule has 0 saturated carbocycles. The van der Waals surface area contributed by atoms with Gasteiger partial charge in [-0.25, -0.2) is 5.43 Å². The number of hydrogen-bond donors (Lipinski definition) is 2. The van der Waals surface area contributed by atoms with Gasteiger partial charge in [0.15, 0.2) is 0 Å². The van der Waals surface area contributed by atoms with Crippen LogP contribution in [0.2, 0.25) is 0 Å². The van der Waals surface area contributed by atoms with Gasteiger partial charge in [-0.2, -0.15) is 5.10 Å². The Hall–Kier alpha value is -2.82. The van der Waals surface area contributed by atoms with Gasteiger partial charge >= 0.3 is 0 Å². The summed E-state index contributed by atoms with van der Waals surface area (Å²) >= 11 is 0. The number of methoxy groups -OCH3 is 1. The molecular formula is C17H18N2O3. The third kappa shape index (κ3) is 3.44. The Bertz CT molecular complexity index is 724. The fourth-order valence-corrected chi connectivity index (χ4v) is 2.03. The first-order chi connectivity index (χ1) is 10.5. The Labute approximate surface area is 129 Å². The topological polar surface area (TPSA) is 70.9 Å². The molecule has 0 aliphatic rings. The van der Waals surface area contributed by atoms with Crippen molar-refractivity contribution in [3.8, 4) is 11.5 Å². The van der Waals surface area contributed by atoms with Crippen molar-refractivity contribution in [1.29, 1.82) is 0 Å². The number of aryl methyl sites for hydroxylation is 1. The summed E-state index contributed by atoms with van der Waals surface area (Å²) in [7, 11) is 1.53. The Kier molecular flexibility index (Phi) is 4.78. The molecule has 0 radical (unpaired) electrons. The highest BCUT2D eigenvalue weighted by atomic mass is 16.5. The summed E-state index contributed by atoms with van der Waals surface area (Å²) in [6.45, 7) is 3.57. The molecular weight excluding hydrogens is 280 g/mol. The predicted molar refractivity (Wildman–Crippen MR) is 85.5 cm³/mol. The summed E-state index contributed by atoms with van der Waals surface area (Å²) in [5.74, 6) is 0.314. The van der Waals surface area contributed by atoms with Gasteiger partial charge in [0.2, 0.25) is 0 Å². The van der Waals surface area contributed by atoms with Crippen LogP contribution in [0, 0.1) is 6.92 Å². The van der Waals surface area contributed by atoms with E-state index in [1.54, 1.807) is 31.2 Å². The molecule has 1 amide bonds. The first kappa shape index (κ1) is 15.6. The second-order valence-corrected chi connectivity index (χ2v) is 4.84. The minimum Gasteiger partial charge on any atom is -0.507 e. The molecule has 0 spiro atoms. The molecule has 0 aliphatic heterocycles. The molecule has 0 fully saturated rings. The fraction of sp³-hybridized carbons (Fsp3) is 0.176. The molecule has 2 aromatic rings. The van der Waals surface area contributed by atoms with Crippen LogP contribution in [0.5, 0.6) is 11.5 Å².